The van der Waals surface area contributed by atoms with E-state index >= 15 is 0 Å². The van der Waals surface area contributed by atoms with Crippen molar-refractivity contribution >= 4 is 11.8 Å². The molecule has 1 fully saturated rings. The molecular weight excluding hydrogens is 218 g/mol. The molecule has 3 N–H and O–H groups in total. The Morgan fingerprint density at radius 2 is 1.94 bits per heavy atom. The van der Waals surface area contributed by atoms with Crippen molar-refractivity contribution < 1.29 is 9.59 Å². The molecule has 1 saturated heterocycles. The van der Waals surface area contributed by atoms with E-state index in [1.165, 1.54) is 0 Å². The quantitative estimate of drug-likeness (QED) is 0.594. The Hall–Kier alpha value is -1.10. The van der Waals surface area contributed by atoms with Gasteiger partial charge < -0.3 is 16.0 Å². The second-order valence-corrected chi connectivity index (χ2v) is 4.74. The minimum Gasteiger partial charge on any atom is -0.354 e. The standard InChI is InChI=1S/C12H23N3O2/c1-9(2)11(16)14-7-8-15-12(17)10-5-3-4-6-13-10/h9-10,13H,3-8H2,1-2H3,(H,14,16)(H,15,17)/t10-/m1/s1. The summed E-state index contributed by atoms with van der Waals surface area (Å²) in [5.41, 5.74) is 0. The van der Waals surface area contributed by atoms with Gasteiger partial charge in [0.2, 0.25) is 11.8 Å². The van der Waals surface area contributed by atoms with Crippen LogP contribution in [0.2, 0.25) is 0 Å². The van der Waals surface area contributed by atoms with Crippen molar-refractivity contribution in [1.29, 1.82) is 0 Å². The predicted octanol–water partition coefficient (Wildman–Crippen LogP) is 0.0169. The third-order valence-corrected chi connectivity index (χ3v) is 2.87. The first-order chi connectivity index (χ1) is 8.11. The highest BCUT2D eigenvalue weighted by Gasteiger charge is 2.19. The van der Waals surface area contributed by atoms with Gasteiger partial charge in [0.1, 0.15) is 0 Å². The van der Waals surface area contributed by atoms with Crippen molar-refractivity contribution in [2.75, 3.05) is 19.6 Å². The summed E-state index contributed by atoms with van der Waals surface area (Å²) in [5.74, 6) is 0.0595. The van der Waals surface area contributed by atoms with E-state index in [9.17, 15) is 9.59 Å². The highest BCUT2D eigenvalue weighted by molar-refractivity contribution is 5.82. The van der Waals surface area contributed by atoms with Crippen molar-refractivity contribution in [3.63, 3.8) is 0 Å². The maximum atomic E-state index is 11.7. The van der Waals surface area contributed by atoms with Gasteiger partial charge in [-0.3, -0.25) is 9.59 Å². The number of carbonyl (C=O) groups is 2. The molecular formula is C12H23N3O2. The average molecular weight is 241 g/mol. The number of amides is 2. The lowest BCUT2D eigenvalue weighted by Gasteiger charge is -2.22. The molecule has 1 aliphatic heterocycles. The molecule has 1 rings (SSSR count). The molecule has 0 spiro atoms. The number of hydrogen-bond acceptors (Lipinski definition) is 3. The van der Waals surface area contributed by atoms with Gasteiger partial charge in [-0.1, -0.05) is 20.3 Å². The molecule has 1 atom stereocenters. The zero-order chi connectivity index (χ0) is 12.7. The van der Waals surface area contributed by atoms with Crippen LogP contribution in [0.1, 0.15) is 33.1 Å². The SMILES string of the molecule is CC(C)C(=O)NCCNC(=O)[C@H]1CCCCN1. The Kier molecular flexibility index (Phi) is 5.97. The molecule has 0 aromatic rings. The van der Waals surface area contributed by atoms with Crippen LogP contribution in [0.4, 0.5) is 0 Å². The van der Waals surface area contributed by atoms with E-state index in [1.54, 1.807) is 0 Å². The fourth-order valence-electron chi connectivity index (χ4n) is 1.77. The molecule has 2 amide bonds. The van der Waals surface area contributed by atoms with Crippen molar-refractivity contribution in [2.45, 2.75) is 39.2 Å². The zero-order valence-electron chi connectivity index (χ0n) is 10.7. The first kappa shape index (κ1) is 14.0. The van der Waals surface area contributed by atoms with Gasteiger partial charge in [-0.05, 0) is 19.4 Å². The summed E-state index contributed by atoms with van der Waals surface area (Å²) < 4.78 is 0. The van der Waals surface area contributed by atoms with Crippen LogP contribution in [-0.2, 0) is 9.59 Å². The summed E-state index contributed by atoms with van der Waals surface area (Å²) in [7, 11) is 0. The molecule has 98 valence electrons. The highest BCUT2D eigenvalue weighted by Crippen LogP contribution is 2.06. The summed E-state index contributed by atoms with van der Waals surface area (Å²) in [6.07, 6.45) is 3.16. The molecule has 0 bridgehead atoms. The van der Waals surface area contributed by atoms with Gasteiger partial charge in [0.15, 0.2) is 0 Å². The van der Waals surface area contributed by atoms with Crippen LogP contribution in [0.5, 0.6) is 0 Å². The van der Waals surface area contributed by atoms with E-state index in [0.717, 1.165) is 25.8 Å². The molecule has 0 aromatic carbocycles. The maximum Gasteiger partial charge on any atom is 0.237 e. The van der Waals surface area contributed by atoms with E-state index in [1.807, 2.05) is 13.8 Å². The van der Waals surface area contributed by atoms with E-state index < -0.39 is 0 Å². The number of hydrogen-bond donors (Lipinski definition) is 3. The third-order valence-electron chi connectivity index (χ3n) is 2.87. The first-order valence-corrected chi connectivity index (χ1v) is 6.40. The predicted molar refractivity (Wildman–Crippen MR) is 66.5 cm³/mol. The molecule has 5 heteroatoms. The van der Waals surface area contributed by atoms with Crippen molar-refractivity contribution in [3.8, 4) is 0 Å². The normalized spacial score (nSPS) is 20.1. The third kappa shape index (κ3) is 5.17. The lowest BCUT2D eigenvalue weighted by atomic mass is 10.0. The zero-order valence-corrected chi connectivity index (χ0v) is 10.7. The Bertz CT molecular complexity index is 260. The van der Waals surface area contributed by atoms with Crippen LogP contribution in [-0.4, -0.2) is 37.5 Å². The Morgan fingerprint density at radius 3 is 2.53 bits per heavy atom. The molecule has 1 aliphatic rings. The van der Waals surface area contributed by atoms with Crippen molar-refractivity contribution in [2.24, 2.45) is 5.92 Å². The van der Waals surface area contributed by atoms with Gasteiger partial charge in [0.05, 0.1) is 6.04 Å². The topological polar surface area (TPSA) is 70.2 Å². The van der Waals surface area contributed by atoms with Gasteiger partial charge in [-0.25, -0.2) is 0 Å². The van der Waals surface area contributed by atoms with Crippen LogP contribution in [0.25, 0.3) is 0 Å². The van der Waals surface area contributed by atoms with E-state index in [0.29, 0.717) is 13.1 Å². The van der Waals surface area contributed by atoms with Gasteiger partial charge in [0.25, 0.3) is 0 Å². The summed E-state index contributed by atoms with van der Waals surface area (Å²) in [5, 5.41) is 8.78. The molecule has 0 unspecified atom stereocenters. The number of rotatable bonds is 5. The fraction of sp³-hybridized carbons (Fsp3) is 0.833. The van der Waals surface area contributed by atoms with E-state index in [4.69, 9.17) is 0 Å². The van der Waals surface area contributed by atoms with Crippen LogP contribution in [0.15, 0.2) is 0 Å². The second-order valence-electron chi connectivity index (χ2n) is 4.74. The van der Waals surface area contributed by atoms with Gasteiger partial charge in [-0.15, -0.1) is 0 Å². The summed E-state index contributed by atoms with van der Waals surface area (Å²) in [6, 6.07) is -0.0513. The van der Waals surface area contributed by atoms with Crippen LogP contribution in [0.3, 0.4) is 0 Å². The van der Waals surface area contributed by atoms with Crippen LogP contribution in [0, 0.1) is 5.92 Å². The number of carbonyl (C=O) groups excluding carboxylic acids is 2. The van der Waals surface area contributed by atoms with Crippen molar-refractivity contribution in [1.82, 2.24) is 16.0 Å². The summed E-state index contributed by atoms with van der Waals surface area (Å²) >= 11 is 0. The summed E-state index contributed by atoms with van der Waals surface area (Å²) in [6.45, 7) is 5.60. The monoisotopic (exact) mass is 241 g/mol. The highest BCUT2D eigenvalue weighted by atomic mass is 16.2. The molecule has 1 heterocycles. The number of piperidine rings is 1. The van der Waals surface area contributed by atoms with Crippen LogP contribution >= 0.6 is 0 Å². The first-order valence-electron chi connectivity index (χ1n) is 6.40. The molecule has 17 heavy (non-hydrogen) atoms. The minimum absolute atomic E-state index is 0.00860. The lowest BCUT2D eigenvalue weighted by molar-refractivity contribution is -0.125. The molecule has 0 saturated carbocycles. The van der Waals surface area contributed by atoms with Gasteiger partial charge in [-0.2, -0.15) is 0 Å². The minimum atomic E-state index is -0.0513. The fourth-order valence-corrected chi connectivity index (χ4v) is 1.77. The van der Waals surface area contributed by atoms with Gasteiger partial charge >= 0.3 is 0 Å². The van der Waals surface area contributed by atoms with E-state index in [-0.39, 0.29) is 23.8 Å². The lowest BCUT2D eigenvalue weighted by Crippen LogP contribution is -2.48. The second kappa shape index (κ2) is 7.27. The van der Waals surface area contributed by atoms with Crippen molar-refractivity contribution in [3.05, 3.63) is 0 Å². The van der Waals surface area contributed by atoms with Gasteiger partial charge in [0, 0.05) is 19.0 Å². The Labute approximate surface area is 103 Å². The maximum absolute atomic E-state index is 11.7. The summed E-state index contributed by atoms with van der Waals surface area (Å²) in [4.78, 5) is 22.9. The molecule has 0 aromatic heterocycles. The smallest absolute Gasteiger partial charge is 0.237 e. The molecule has 5 nitrogen and oxygen atoms in total. The largest absolute Gasteiger partial charge is 0.354 e. The average Bonchev–Trinajstić information content (AvgIpc) is 2.35. The van der Waals surface area contributed by atoms with Crippen LogP contribution < -0.4 is 16.0 Å². The van der Waals surface area contributed by atoms with E-state index in [2.05, 4.69) is 16.0 Å². The number of nitrogens with one attached hydrogen (secondary N) is 3. The Balaban J connectivity index is 2.09. The molecule has 0 aliphatic carbocycles. The molecule has 0 radical (unpaired) electrons. The Morgan fingerprint density at radius 1 is 1.24 bits per heavy atom.